The number of ether oxygens (including phenoxy) is 2. The van der Waals surface area contributed by atoms with Crippen molar-refractivity contribution in [3.05, 3.63) is 33.9 Å². The van der Waals surface area contributed by atoms with E-state index in [1.165, 1.54) is 19.3 Å². The van der Waals surface area contributed by atoms with E-state index < -0.39 is 6.29 Å². The van der Waals surface area contributed by atoms with Gasteiger partial charge in [-0.15, -0.1) is 0 Å². The number of hydrogen-bond donors (Lipinski definition) is 0. The van der Waals surface area contributed by atoms with Crippen LogP contribution < -0.4 is 4.90 Å². The normalized spacial score (nSPS) is 20.3. The van der Waals surface area contributed by atoms with Gasteiger partial charge in [-0.25, -0.2) is 0 Å². The average Bonchev–Trinajstić information content (AvgIpc) is 3.01. The summed E-state index contributed by atoms with van der Waals surface area (Å²) in [6, 6.07) is 5.23. The number of hydrogen-bond acceptors (Lipinski definition) is 5. The van der Waals surface area contributed by atoms with Gasteiger partial charge in [-0.1, -0.05) is 0 Å². The molecule has 3 rings (SSSR count). The maximum absolute atomic E-state index is 11.1. The van der Waals surface area contributed by atoms with Gasteiger partial charge in [0, 0.05) is 24.8 Å². The molecule has 0 atom stereocenters. The fraction of sp³-hybridized carbons (Fsp3) is 0.571. The molecule has 108 valence electrons. The quantitative estimate of drug-likeness (QED) is 0.628. The molecule has 6 nitrogen and oxygen atoms in total. The van der Waals surface area contributed by atoms with Crippen LogP contribution >= 0.6 is 0 Å². The van der Waals surface area contributed by atoms with E-state index in [0.717, 1.165) is 18.8 Å². The minimum Gasteiger partial charge on any atom is -0.372 e. The summed E-state index contributed by atoms with van der Waals surface area (Å²) >= 11 is 0. The minimum atomic E-state index is -0.611. The Balaban J connectivity index is 1.92. The Morgan fingerprint density at radius 3 is 2.50 bits per heavy atom. The van der Waals surface area contributed by atoms with Crippen LogP contribution in [0.1, 0.15) is 31.1 Å². The first-order chi connectivity index (χ1) is 9.75. The molecule has 2 fully saturated rings. The first kappa shape index (κ1) is 13.3. The Bertz CT molecular complexity index is 494. The van der Waals surface area contributed by atoms with E-state index in [4.69, 9.17) is 9.47 Å². The van der Waals surface area contributed by atoms with Crippen molar-refractivity contribution in [1.82, 2.24) is 0 Å². The number of rotatable bonds is 3. The number of piperidine rings is 1. The molecule has 1 aromatic rings. The van der Waals surface area contributed by atoms with E-state index in [1.807, 2.05) is 12.1 Å². The van der Waals surface area contributed by atoms with Gasteiger partial charge in [0.2, 0.25) is 0 Å². The summed E-state index contributed by atoms with van der Waals surface area (Å²) in [5.41, 5.74) is 1.61. The zero-order valence-electron chi connectivity index (χ0n) is 11.3. The van der Waals surface area contributed by atoms with Crippen LogP contribution in [0.4, 0.5) is 11.4 Å². The highest BCUT2D eigenvalue weighted by atomic mass is 16.7. The smallest absolute Gasteiger partial charge is 0.277 e. The molecule has 0 unspecified atom stereocenters. The molecule has 0 spiro atoms. The highest BCUT2D eigenvalue weighted by Gasteiger charge is 2.28. The van der Waals surface area contributed by atoms with Gasteiger partial charge in [0.15, 0.2) is 6.29 Å². The lowest BCUT2D eigenvalue weighted by atomic mass is 10.1. The zero-order valence-corrected chi connectivity index (χ0v) is 11.3. The van der Waals surface area contributed by atoms with Crippen molar-refractivity contribution in [2.75, 3.05) is 31.2 Å². The summed E-state index contributed by atoms with van der Waals surface area (Å²) in [6.45, 7) is 2.97. The van der Waals surface area contributed by atoms with Gasteiger partial charge in [0.25, 0.3) is 5.69 Å². The number of nitro groups is 1. The molecule has 2 heterocycles. The van der Waals surface area contributed by atoms with Crippen molar-refractivity contribution in [2.45, 2.75) is 25.6 Å². The molecule has 0 amide bonds. The molecular weight excluding hydrogens is 260 g/mol. The van der Waals surface area contributed by atoms with Crippen LogP contribution in [0.15, 0.2) is 18.2 Å². The molecule has 2 aliphatic heterocycles. The summed E-state index contributed by atoms with van der Waals surface area (Å²) in [5.74, 6) is 0. The first-order valence-electron chi connectivity index (χ1n) is 7.02. The average molecular weight is 278 g/mol. The molecule has 0 bridgehead atoms. The fourth-order valence-corrected chi connectivity index (χ4v) is 2.78. The van der Waals surface area contributed by atoms with Gasteiger partial charge < -0.3 is 14.4 Å². The predicted molar refractivity (Wildman–Crippen MR) is 73.8 cm³/mol. The third-order valence-electron chi connectivity index (χ3n) is 3.80. The Morgan fingerprint density at radius 1 is 1.15 bits per heavy atom. The molecule has 6 heteroatoms. The lowest BCUT2D eigenvalue weighted by molar-refractivity contribution is -0.386. The maximum Gasteiger partial charge on any atom is 0.277 e. The van der Waals surface area contributed by atoms with Crippen LogP contribution in [0, 0.1) is 10.1 Å². The van der Waals surface area contributed by atoms with Crippen LogP contribution in [-0.2, 0) is 9.47 Å². The van der Waals surface area contributed by atoms with Crippen molar-refractivity contribution in [3.63, 3.8) is 0 Å². The summed E-state index contributed by atoms with van der Waals surface area (Å²) in [6.07, 6.45) is 2.98. The lowest BCUT2D eigenvalue weighted by Gasteiger charge is -2.29. The Labute approximate surface area is 117 Å². The van der Waals surface area contributed by atoms with E-state index in [0.29, 0.717) is 18.8 Å². The number of anilines is 1. The van der Waals surface area contributed by atoms with E-state index in [9.17, 15) is 10.1 Å². The van der Waals surface area contributed by atoms with Crippen LogP contribution in [0.2, 0.25) is 0 Å². The summed E-state index contributed by atoms with van der Waals surface area (Å²) in [5, 5.41) is 11.1. The number of nitro benzene ring substituents is 1. The third kappa shape index (κ3) is 2.62. The molecule has 0 N–H and O–H groups in total. The van der Waals surface area contributed by atoms with E-state index in [1.54, 1.807) is 6.07 Å². The van der Waals surface area contributed by atoms with Gasteiger partial charge in [-0.05, 0) is 31.4 Å². The molecule has 20 heavy (non-hydrogen) atoms. The van der Waals surface area contributed by atoms with Crippen LogP contribution in [-0.4, -0.2) is 31.2 Å². The molecule has 2 aliphatic rings. The van der Waals surface area contributed by atoms with Crippen LogP contribution in [0.25, 0.3) is 0 Å². The molecular formula is C14H18N2O4. The minimum absolute atomic E-state index is 0.0673. The second-order valence-corrected chi connectivity index (χ2v) is 5.12. The Kier molecular flexibility index (Phi) is 3.84. The Morgan fingerprint density at radius 2 is 1.85 bits per heavy atom. The van der Waals surface area contributed by atoms with Crippen molar-refractivity contribution in [2.24, 2.45) is 0 Å². The van der Waals surface area contributed by atoms with Crippen LogP contribution in [0.5, 0.6) is 0 Å². The highest BCUT2D eigenvalue weighted by molar-refractivity contribution is 5.56. The summed E-state index contributed by atoms with van der Waals surface area (Å²) < 4.78 is 10.9. The van der Waals surface area contributed by atoms with Gasteiger partial charge in [0.05, 0.1) is 23.7 Å². The predicted octanol–water partition coefficient (Wildman–Crippen LogP) is 2.63. The molecule has 2 saturated heterocycles. The van der Waals surface area contributed by atoms with E-state index in [-0.39, 0.29) is 10.6 Å². The maximum atomic E-state index is 11.1. The monoisotopic (exact) mass is 278 g/mol. The van der Waals surface area contributed by atoms with Crippen LogP contribution in [0.3, 0.4) is 0 Å². The highest BCUT2D eigenvalue weighted by Crippen LogP contribution is 2.34. The zero-order chi connectivity index (χ0) is 13.9. The lowest BCUT2D eigenvalue weighted by Crippen LogP contribution is -2.29. The second kappa shape index (κ2) is 5.76. The van der Waals surface area contributed by atoms with Gasteiger partial charge in [0.1, 0.15) is 0 Å². The van der Waals surface area contributed by atoms with Gasteiger partial charge >= 0.3 is 0 Å². The number of nitrogens with zero attached hydrogens (tertiary/aromatic N) is 2. The molecule has 0 aromatic heterocycles. The number of benzene rings is 1. The van der Waals surface area contributed by atoms with Crippen molar-refractivity contribution >= 4 is 11.4 Å². The van der Waals surface area contributed by atoms with Gasteiger partial charge in [-0.3, -0.25) is 10.1 Å². The van der Waals surface area contributed by atoms with Crippen molar-refractivity contribution in [1.29, 1.82) is 0 Å². The largest absolute Gasteiger partial charge is 0.372 e. The molecule has 0 aliphatic carbocycles. The first-order valence-corrected chi connectivity index (χ1v) is 7.02. The molecule has 0 radical (unpaired) electrons. The molecule has 0 saturated carbocycles. The summed E-state index contributed by atoms with van der Waals surface area (Å²) in [7, 11) is 0. The third-order valence-corrected chi connectivity index (χ3v) is 3.80. The summed E-state index contributed by atoms with van der Waals surface area (Å²) in [4.78, 5) is 13.0. The molecule has 1 aromatic carbocycles. The van der Waals surface area contributed by atoms with E-state index in [2.05, 4.69) is 4.90 Å². The second-order valence-electron chi connectivity index (χ2n) is 5.12. The SMILES string of the molecule is O=[N+]([O-])c1ccc(N2CCCCC2)cc1C1OCCO1. The Hall–Kier alpha value is -1.66. The van der Waals surface area contributed by atoms with Crippen molar-refractivity contribution in [3.8, 4) is 0 Å². The van der Waals surface area contributed by atoms with Crippen molar-refractivity contribution < 1.29 is 14.4 Å². The topological polar surface area (TPSA) is 64.8 Å². The van der Waals surface area contributed by atoms with Gasteiger partial charge in [-0.2, -0.15) is 0 Å². The standard InChI is InChI=1S/C14H18N2O4/c17-16(18)13-5-4-11(15-6-2-1-3-7-15)10-12(13)14-19-8-9-20-14/h4-5,10,14H,1-3,6-9H2. The fourth-order valence-electron chi connectivity index (χ4n) is 2.78. The van der Waals surface area contributed by atoms with E-state index >= 15 is 0 Å².